The molecule has 0 radical (unpaired) electrons. The van der Waals surface area contributed by atoms with Crippen LogP contribution >= 0.6 is 22.9 Å². The highest BCUT2D eigenvalue weighted by Crippen LogP contribution is 2.38. The van der Waals surface area contributed by atoms with Crippen molar-refractivity contribution in [1.82, 2.24) is 0 Å². The molecule has 1 aliphatic rings. The van der Waals surface area contributed by atoms with E-state index in [0.717, 1.165) is 34.0 Å². The first-order valence-electron chi connectivity index (χ1n) is 7.69. The summed E-state index contributed by atoms with van der Waals surface area (Å²) in [5.41, 5.74) is 1.29. The molecule has 1 aliphatic heterocycles. The monoisotopic (exact) mass is 349 g/mol. The molecule has 3 rings (SSSR count). The number of hydrogen-bond donors (Lipinski definition) is 1. The van der Waals surface area contributed by atoms with Crippen LogP contribution in [-0.4, -0.2) is 29.1 Å². The van der Waals surface area contributed by atoms with E-state index in [1.807, 2.05) is 44.2 Å². The Morgan fingerprint density at radius 3 is 2.65 bits per heavy atom. The SMILES string of the molecule is CC(=O)c1ccc(-c2ccc(N3CC[C@](C)(O)[C@@H]3C)cc2Cl)s1. The van der Waals surface area contributed by atoms with Crippen LogP contribution in [0.5, 0.6) is 0 Å². The van der Waals surface area contributed by atoms with Crippen LogP contribution in [-0.2, 0) is 0 Å². The Bertz CT molecular complexity index is 753. The predicted octanol–water partition coefficient (Wildman–Crippen LogP) is 4.62. The summed E-state index contributed by atoms with van der Waals surface area (Å²) in [5, 5.41) is 11.0. The van der Waals surface area contributed by atoms with Crippen molar-refractivity contribution in [1.29, 1.82) is 0 Å². The average molecular weight is 350 g/mol. The van der Waals surface area contributed by atoms with Crippen molar-refractivity contribution in [2.75, 3.05) is 11.4 Å². The first-order valence-corrected chi connectivity index (χ1v) is 8.89. The van der Waals surface area contributed by atoms with Gasteiger partial charge in [0.1, 0.15) is 0 Å². The number of rotatable bonds is 3. The van der Waals surface area contributed by atoms with Gasteiger partial charge in [0, 0.05) is 22.7 Å². The summed E-state index contributed by atoms with van der Waals surface area (Å²) >= 11 is 7.94. The van der Waals surface area contributed by atoms with Gasteiger partial charge in [0.15, 0.2) is 5.78 Å². The Labute approximate surface area is 145 Å². The molecule has 1 saturated heterocycles. The molecule has 0 amide bonds. The van der Waals surface area contributed by atoms with E-state index in [9.17, 15) is 9.90 Å². The van der Waals surface area contributed by atoms with Gasteiger partial charge in [-0.05, 0) is 51.5 Å². The van der Waals surface area contributed by atoms with Crippen molar-refractivity contribution in [2.45, 2.75) is 38.8 Å². The van der Waals surface area contributed by atoms with Gasteiger partial charge in [-0.25, -0.2) is 0 Å². The molecule has 2 heterocycles. The van der Waals surface area contributed by atoms with Crippen LogP contribution in [0.25, 0.3) is 10.4 Å². The van der Waals surface area contributed by atoms with Gasteiger partial charge in [-0.15, -0.1) is 11.3 Å². The average Bonchev–Trinajstić information content (AvgIpc) is 3.06. The van der Waals surface area contributed by atoms with Crippen molar-refractivity contribution in [3.8, 4) is 10.4 Å². The van der Waals surface area contributed by atoms with Crippen LogP contribution in [0.3, 0.4) is 0 Å². The van der Waals surface area contributed by atoms with E-state index >= 15 is 0 Å². The fourth-order valence-corrected chi connectivity index (χ4v) is 4.27. The molecule has 0 saturated carbocycles. The number of benzene rings is 1. The van der Waals surface area contributed by atoms with E-state index < -0.39 is 5.60 Å². The number of hydrogen-bond acceptors (Lipinski definition) is 4. The molecule has 0 unspecified atom stereocenters. The quantitative estimate of drug-likeness (QED) is 0.822. The molecule has 2 atom stereocenters. The molecule has 1 aromatic heterocycles. The molecule has 122 valence electrons. The number of anilines is 1. The Hall–Kier alpha value is -1.36. The zero-order valence-electron chi connectivity index (χ0n) is 13.5. The molecular formula is C18H20ClNO2S. The number of thiophene rings is 1. The van der Waals surface area contributed by atoms with Gasteiger partial charge in [-0.2, -0.15) is 0 Å². The van der Waals surface area contributed by atoms with E-state index in [1.165, 1.54) is 11.3 Å². The van der Waals surface area contributed by atoms with E-state index in [1.54, 1.807) is 6.92 Å². The predicted molar refractivity (Wildman–Crippen MR) is 96.8 cm³/mol. The minimum Gasteiger partial charge on any atom is -0.388 e. The minimum absolute atomic E-state index is 0.0514. The molecular weight excluding hydrogens is 330 g/mol. The number of carbonyl (C=O) groups excluding carboxylic acids is 1. The molecule has 1 fully saturated rings. The minimum atomic E-state index is -0.671. The highest BCUT2D eigenvalue weighted by atomic mass is 35.5. The highest BCUT2D eigenvalue weighted by Gasteiger charge is 2.39. The fourth-order valence-electron chi connectivity index (χ4n) is 2.99. The van der Waals surface area contributed by atoms with Crippen molar-refractivity contribution < 1.29 is 9.90 Å². The third-order valence-electron chi connectivity index (χ3n) is 4.73. The van der Waals surface area contributed by atoms with E-state index in [-0.39, 0.29) is 11.8 Å². The van der Waals surface area contributed by atoms with E-state index in [4.69, 9.17) is 11.6 Å². The third-order valence-corrected chi connectivity index (χ3v) is 6.26. The molecule has 1 N–H and O–H groups in total. The fraction of sp³-hybridized carbons (Fsp3) is 0.389. The van der Waals surface area contributed by atoms with E-state index in [0.29, 0.717) is 5.02 Å². The molecule has 0 spiro atoms. The highest BCUT2D eigenvalue weighted by molar-refractivity contribution is 7.17. The van der Waals surface area contributed by atoms with Crippen LogP contribution in [0.1, 0.15) is 36.9 Å². The van der Waals surface area contributed by atoms with Gasteiger partial charge in [0.25, 0.3) is 0 Å². The topological polar surface area (TPSA) is 40.5 Å². The van der Waals surface area contributed by atoms with Crippen LogP contribution in [0.2, 0.25) is 5.02 Å². The number of ketones is 1. The Morgan fingerprint density at radius 2 is 2.13 bits per heavy atom. The molecule has 0 bridgehead atoms. The molecule has 23 heavy (non-hydrogen) atoms. The standard InChI is InChI=1S/C18H20ClNO2S/c1-11(21)16-6-7-17(23-16)14-5-4-13(10-15(14)19)20-9-8-18(3,22)12(20)2/h4-7,10,12,22H,8-9H2,1-3H3/t12-,18-/m0/s1. The first kappa shape index (κ1) is 16.5. The van der Waals surface area contributed by atoms with E-state index in [2.05, 4.69) is 4.90 Å². The van der Waals surface area contributed by atoms with Crippen molar-refractivity contribution in [3.63, 3.8) is 0 Å². The lowest BCUT2D eigenvalue weighted by atomic mass is 9.99. The molecule has 5 heteroatoms. The Kier molecular flexibility index (Phi) is 4.25. The molecule has 2 aromatic rings. The summed E-state index contributed by atoms with van der Waals surface area (Å²) < 4.78 is 0. The molecule has 3 nitrogen and oxygen atoms in total. The Balaban J connectivity index is 1.90. The normalized spacial score (nSPS) is 24.2. The van der Waals surface area contributed by atoms with Gasteiger partial charge in [0.05, 0.1) is 21.5 Å². The van der Waals surface area contributed by atoms with Gasteiger partial charge in [-0.3, -0.25) is 4.79 Å². The maximum Gasteiger partial charge on any atom is 0.169 e. The summed E-state index contributed by atoms with van der Waals surface area (Å²) in [7, 11) is 0. The molecule has 1 aromatic carbocycles. The number of nitrogens with zero attached hydrogens (tertiary/aromatic N) is 1. The summed E-state index contributed by atoms with van der Waals surface area (Å²) in [5.74, 6) is 0.0714. The van der Waals surface area contributed by atoms with Crippen LogP contribution in [0.4, 0.5) is 5.69 Å². The lowest BCUT2D eigenvalue weighted by Gasteiger charge is -2.30. The summed E-state index contributed by atoms with van der Waals surface area (Å²) in [4.78, 5) is 15.4. The number of carbonyl (C=O) groups is 1. The smallest absolute Gasteiger partial charge is 0.169 e. The molecule has 0 aliphatic carbocycles. The maximum atomic E-state index is 11.4. The number of halogens is 1. The van der Waals surface area contributed by atoms with Gasteiger partial charge in [-0.1, -0.05) is 17.7 Å². The summed E-state index contributed by atoms with van der Waals surface area (Å²) in [6.45, 7) is 6.30. The second-order valence-corrected chi connectivity index (χ2v) is 7.85. The zero-order chi connectivity index (χ0) is 16.8. The second kappa shape index (κ2) is 5.93. The third kappa shape index (κ3) is 3.03. The van der Waals surface area contributed by atoms with Crippen LogP contribution in [0.15, 0.2) is 30.3 Å². The van der Waals surface area contributed by atoms with Crippen molar-refractivity contribution in [3.05, 3.63) is 40.2 Å². The van der Waals surface area contributed by atoms with Gasteiger partial charge in [0.2, 0.25) is 0 Å². The maximum absolute atomic E-state index is 11.4. The number of Topliss-reactive ketones (excluding diaryl/α,β-unsaturated/α-hetero) is 1. The largest absolute Gasteiger partial charge is 0.388 e. The first-order chi connectivity index (χ1) is 10.8. The zero-order valence-corrected chi connectivity index (χ0v) is 15.0. The van der Waals surface area contributed by atoms with Crippen LogP contribution in [0, 0.1) is 0 Å². The van der Waals surface area contributed by atoms with Crippen LogP contribution < -0.4 is 4.90 Å². The van der Waals surface area contributed by atoms with Crippen molar-refractivity contribution >= 4 is 34.4 Å². The summed E-state index contributed by atoms with van der Waals surface area (Å²) in [6, 6.07) is 9.80. The number of aliphatic hydroxyl groups is 1. The second-order valence-electron chi connectivity index (χ2n) is 6.36. The lowest BCUT2D eigenvalue weighted by molar-refractivity contribution is 0.0566. The lowest BCUT2D eigenvalue weighted by Crippen LogP contribution is -2.40. The van der Waals surface area contributed by atoms with Gasteiger partial charge < -0.3 is 10.0 Å². The Morgan fingerprint density at radius 1 is 1.39 bits per heavy atom. The van der Waals surface area contributed by atoms with Crippen molar-refractivity contribution in [2.24, 2.45) is 0 Å². The van der Waals surface area contributed by atoms with Gasteiger partial charge >= 0.3 is 0 Å². The summed E-state index contributed by atoms with van der Waals surface area (Å²) in [6.07, 6.45) is 0.750.